The largest absolute Gasteiger partial charge is 0.326 e. The minimum absolute atomic E-state index is 0.0313. The van der Waals surface area contributed by atoms with Crippen LogP contribution in [0.2, 0.25) is 0 Å². The fraction of sp³-hybridized carbons (Fsp3) is 0.364. The van der Waals surface area contributed by atoms with Gasteiger partial charge in [-0.15, -0.1) is 0 Å². The van der Waals surface area contributed by atoms with Crippen molar-refractivity contribution in [2.24, 2.45) is 5.92 Å². The summed E-state index contributed by atoms with van der Waals surface area (Å²) in [6.07, 6.45) is 1.91. The number of anilines is 2. The van der Waals surface area contributed by atoms with E-state index in [0.29, 0.717) is 11.4 Å². The predicted octanol–water partition coefficient (Wildman–Crippen LogP) is 2.13. The molecular weight excluding hydrogens is 320 g/mol. The third kappa shape index (κ3) is 3.71. The highest BCUT2D eigenvalue weighted by Gasteiger charge is 2.29. The Morgan fingerprint density at radius 3 is 2.28 bits per heavy atom. The molecule has 1 aromatic carbocycles. The molecule has 0 atom stereocenters. The molecule has 1 aliphatic rings. The van der Waals surface area contributed by atoms with E-state index in [1.807, 2.05) is 0 Å². The number of nitrogens with one attached hydrogen (secondary N) is 2. The lowest BCUT2D eigenvalue weighted by Gasteiger charge is -2.07. The molecule has 0 bridgehead atoms. The van der Waals surface area contributed by atoms with Crippen molar-refractivity contribution in [1.82, 2.24) is 0 Å². The van der Waals surface area contributed by atoms with Gasteiger partial charge in [0.1, 0.15) is 4.66 Å². The maximum atomic E-state index is 11.5. The molecular formula is C11H13BrN2O3S. The second-order valence-electron chi connectivity index (χ2n) is 4.17. The number of amides is 1. The minimum Gasteiger partial charge on any atom is -0.326 e. The fourth-order valence-electron chi connectivity index (χ4n) is 1.42. The van der Waals surface area contributed by atoms with Crippen LogP contribution in [-0.2, 0) is 14.8 Å². The smallest absolute Gasteiger partial charge is 0.242 e. The van der Waals surface area contributed by atoms with Gasteiger partial charge in [-0.2, -0.15) is 0 Å². The van der Waals surface area contributed by atoms with E-state index in [1.54, 1.807) is 24.3 Å². The Morgan fingerprint density at radius 1 is 1.22 bits per heavy atom. The van der Waals surface area contributed by atoms with Gasteiger partial charge in [0, 0.05) is 17.3 Å². The lowest BCUT2D eigenvalue weighted by Crippen LogP contribution is -2.14. The lowest BCUT2D eigenvalue weighted by molar-refractivity contribution is -0.117. The number of hydrogen-bond acceptors (Lipinski definition) is 3. The van der Waals surface area contributed by atoms with E-state index in [0.717, 1.165) is 12.8 Å². The zero-order valence-electron chi connectivity index (χ0n) is 9.52. The maximum absolute atomic E-state index is 11.5. The van der Waals surface area contributed by atoms with Crippen molar-refractivity contribution in [3.8, 4) is 0 Å². The Morgan fingerprint density at radius 2 is 1.78 bits per heavy atom. The fourth-order valence-corrected chi connectivity index (χ4v) is 2.31. The van der Waals surface area contributed by atoms with Crippen molar-refractivity contribution in [2.75, 3.05) is 14.7 Å². The van der Waals surface area contributed by atoms with Gasteiger partial charge in [0.05, 0.1) is 0 Å². The monoisotopic (exact) mass is 332 g/mol. The molecule has 0 saturated heterocycles. The number of halogens is 1. The van der Waals surface area contributed by atoms with Crippen molar-refractivity contribution < 1.29 is 13.2 Å². The first-order valence-electron chi connectivity index (χ1n) is 5.47. The first-order chi connectivity index (χ1) is 8.50. The predicted molar refractivity (Wildman–Crippen MR) is 74.1 cm³/mol. The third-order valence-corrected chi connectivity index (χ3v) is 5.16. The Kier molecular flexibility index (Phi) is 3.91. The number of rotatable bonds is 5. The molecule has 0 heterocycles. The summed E-state index contributed by atoms with van der Waals surface area (Å²) in [4.78, 5) is 11.5. The standard InChI is InChI=1S/C11H13BrN2O3S/c12-7-18(16,17)14-10-5-3-9(4-6-10)13-11(15)8-1-2-8/h3-6,8,14H,1-2,7H2,(H,13,15). The second kappa shape index (κ2) is 5.27. The molecule has 2 rings (SSSR count). The van der Waals surface area contributed by atoms with Crippen LogP contribution in [0.25, 0.3) is 0 Å². The molecule has 0 unspecified atom stereocenters. The van der Waals surface area contributed by atoms with Crippen LogP contribution >= 0.6 is 15.9 Å². The third-order valence-electron chi connectivity index (χ3n) is 2.52. The van der Waals surface area contributed by atoms with Gasteiger partial charge in [-0.05, 0) is 37.1 Å². The summed E-state index contributed by atoms with van der Waals surface area (Å²) >= 11 is 2.89. The average Bonchev–Trinajstić information content (AvgIpc) is 3.15. The number of carbonyl (C=O) groups is 1. The van der Waals surface area contributed by atoms with E-state index in [4.69, 9.17) is 0 Å². The number of alkyl halides is 1. The highest BCUT2D eigenvalue weighted by molar-refractivity contribution is 9.10. The zero-order valence-corrected chi connectivity index (χ0v) is 11.9. The van der Waals surface area contributed by atoms with Gasteiger partial charge in [-0.3, -0.25) is 9.52 Å². The van der Waals surface area contributed by atoms with Crippen LogP contribution in [0.5, 0.6) is 0 Å². The van der Waals surface area contributed by atoms with Crippen LogP contribution in [0.1, 0.15) is 12.8 Å². The van der Waals surface area contributed by atoms with Crippen molar-refractivity contribution in [3.05, 3.63) is 24.3 Å². The van der Waals surface area contributed by atoms with Gasteiger partial charge in [0.25, 0.3) is 0 Å². The zero-order chi connectivity index (χ0) is 13.2. The molecule has 5 nitrogen and oxygen atoms in total. The topological polar surface area (TPSA) is 75.3 Å². The lowest BCUT2D eigenvalue weighted by atomic mass is 10.2. The Balaban J connectivity index is 1.98. The summed E-state index contributed by atoms with van der Waals surface area (Å²) in [5.74, 6) is 0.181. The summed E-state index contributed by atoms with van der Waals surface area (Å²) < 4.78 is 24.8. The molecule has 2 N–H and O–H groups in total. The summed E-state index contributed by atoms with van der Waals surface area (Å²) in [6.45, 7) is 0. The van der Waals surface area contributed by atoms with Gasteiger partial charge in [-0.1, -0.05) is 15.9 Å². The molecule has 1 amide bonds. The van der Waals surface area contributed by atoms with E-state index in [1.165, 1.54) is 0 Å². The number of carbonyl (C=O) groups excluding carboxylic acids is 1. The average molecular weight is 333 g/mol. The second-order valence-corrected chi connectivity index (χ2v) is 7.19. The van der Waals surface area contributed by atoms with Crippen LogP contribution in [0.3, 0.4) is 0 Å². The van der Waals surface area contributed by atoms with Crippen LogP contribution < -0.4 is 10.0 Å². The van der Waals surface area contributed by atoms with Gasteiger partial charge < -0.3 is 5.32 Å². The van der Waals surface area contributed by atoms with E-state index in [9.17, 15) is 13.2 Å². The van der Waals surface area contributed by atoms with Crippen molar-refractivity contribution >= 4 is 43.2 Å². The number of sulfonamides is 1. The summed E-state index contributed by atoms with van der Waals surface area (Å²) in [5.41, 5.74) is 1.15. The molecule has 0 radical (unpaired) electrons. The summed E-state index contributed by atoms with van der Waals surface area (Å²) in [5, 5.41) is 2.78. The van der Waals surface area contributed by atoms with E-state index in [-0.39, 0.29) is 16.5 Å². The molecule has 1 aromatic rings. The van der Waals surface area contributed by atoms with Gasteiger partial charge >= 0.3 is 0 Å². The van der Waals surface area contributed by atoms with Crippen LogP contribution in [0.15, 0.2) is 24.3 Å². The minimum atomic E-state index is -3.33. The van der Waals surface area contributed by atoms with Crippen LogP contribution in [0.4, 0.5) is 11.4 Å². The van der Waals surface area contributed by atoms with Gasteiger partial charge in [-0.25, -0.2) is 8.42 Å². The Hall–Kier alpha value is -1.08. The number of benzene rings is 1. The van der Waals surface area contributed by atoms with E-state index >= 15 is 0 Å². The highest BCUT2D eigenvalue weighted by Crippen LogP contribution is 2.30. The van der Waals surface area contributed by atoms with Gasteiger partial charge in [0.2, 0.25) is 15.9 Å². The molecule has 0 aromatic heterocycles. The first kappa shape index (κ1) is 13.4. The molecule has 0 aliphatic heterocycles. The van der Waals surface area contributed by atoms with Crippen LogP contribution in [0, 0.1) is 5.92 Å². The van der Waals surface area contributed by atoms with E-state index < -0.39 is 10.0 Å². The van der Waals surface area contributed by atoms with Crippen molar-refractivity contribution in [1.29, 1.82) is 0 Å². The quantitative estimate of drug-likeness (QED) is 0.811. The molecule has 7 heteroatoms. The van der Waals surface area contributed by atoms with Gasteiger partial charge in [0.15, 0.2) is 0 Å². The SMILES string of the molecule is O=C(Nc1ccc(NS(=O)(=O)CBr)cc1)C1CC1. The summed E-state index contributed by atoms with van der Waals surface area (Å²) in [6, 6.07) is 6.57. The summed E-state index contributed by atoms with van der Waals surface area (Å²) in [7, 11) is -3.33. The van der Waals surface area contributed by atoms with Crippen molar-refractivity contribution in [2.45, 2.75) is 12.8 Å². The van der Waals surface area contributed by atoms with Crippen molar-refractivity contribution in [3.63, 3.8) is 0 Å². The molecule has 18 heavy (non-hydrogen) atoms. The molecule has 98 valence electrons. The number of hydrogen-bond donors (Lipinski definition) is 2. The highest BCUT2D eigenvalue weighted by atomic mass is 79.9. The van der Waals surface area contributed by atoms with E-state index in [2.05, 4.69) is 26.0 Å². The Labute approximate surface area is 114 Å². The normalized spacial score (nSPS) is 15.2. The van der Waals surface area contributed by atoms with Crippen LogP contribution in [-0.4, -0.2) is 19.0 Å². The Bertz CT molecular complexity index is 538. The molecule has 1 saturated carbocycles. The maximum Gasteiger partial charge on any atom is 0.242 e. The molecule has 1 fully saturated rings. The molecule has 0 spiro atoms. The first-order valence-corrected chi connectivity index (χ1v) is 8.25. The molecule has 1 aliphatic carbocycles.